The van der Waals surface area contributed by atoms with Crippen molar-refractivity contribution in [1.82, 2.24) is 0 Å². The van der Waals surface area contributed by atoms with Crippen molar-refractivity contribution in [3.63, 3.8) is 0 Å². The highest BCUT2D eigenvalue weighted by Crippen LogP contribution is 2.35. The highest BCUT2D eigenvalue weighted by molar-refractivity contribution is 6.08. The highest BCUT2D eigenvalue weighted by Gasteiger charge is 2.26. The SMILES string of the molecule is CCOc1cc([N+](=O)[O-])c(C(=O)Nc2cccc(N3CCCC3=O)c2)cc1OC. The lowest BCUT2D eigenvalue weighted by Gasteiger charge is -2.17. The van der Waals surface area contributed by atoms with Gasteiger partial charge in [0.05, 0.1) is 24.7 Å². The van der Waals surface area contributed by atoms with Gasteiger partial charge in [0.1, 0.15) is 5.56 Å². The Morgan fingerprint density at radius 2 is 2.07 bits per heavy atom. The van der Waals surface area contributed by atoms with Crippen LogP contribution in [0.2, 0.25) is 0 Å². The van der Waals surface area contributed by atoms with Gasteiger partial charge in [0.2, 0.25) is 5.91 Å². The summed E-state index contributed by atoms with van der Waals surface area (Å²) in [7, 11) is 1.39. The Bertz CT molecular complexity index is 959. The fourth-order valence-electron chi connectivity index (χ4n) is 3.18. The average molecular weight is 399 g/mol. The van der Waals surface area contributed by atoms with Crippen molar-refractivity contribution in [2.24, 2.45) is 0 Å². The van der Waals surface area contributed by atoms with Crippen LogP contribution >= 0.6 is 0 Å². The molecule has 2 aromatic rings. The molecule has 0 unspecified atom stereocenters. The van der Waals surface area contributed by atoms with Crippen molar-refractivity contribution in [1.29, 1.82) is 0 Å². The van der Waals surface area contributed by atoms with Crippen molar-refractivity contribution in [2.45, 2.75) is 19.8 Å². The third-order valence-electron chi connectivity index (χ3n) is 4.51. The van der Waals surface area contributed by atoms with Crippen LogP contribution in [-0.4, -0.2) is 37.0 Å². The fraction of sp³-hybridized carbons (Fsp3) is 0.300. The minimum absolute atomic E-state index is 0.0281. The Balaban J connectivity index is 1.90. The van der Waals surface area contributed by atoms with Gasteiger partial charge in [-0.05, 0) is 31.5 Å². The maximum Gasteiger partial charge on any atom is 0.286 e. The molecule has 152 valence electrons. The molecule has 9 nitrogen and oxygen atoms in total. The number of methoxy groups -OCH3 is 1. The Hall–Kier alpha value is -3.62. The number of amides is 2. The molecule has 0 aromatic heterocycles. The van der Waals surface area contributed by atoms with Gasteiger partial charge in [-0.3, -0.25) is 19.7 Å². The van der Waals surface area contributed by atoms with E-state index in [2.05, 4.69) is 5.32 Å². The Kier molecular flexibility index (Phi) is 5.96. The lowest BCUT2D eigenvalue weighted by Crippen LogP contribution is -2.23. The van der Waals surface area contributed by atoms with Crippen LogP contribution in [-0.2, 0) is 4.79 Å². The minimum Gasteiger partial charge on any atom is -0.493 e. The van der Waals surface area contributed by atoms with Crippen molar-refractivity contribution < 1.29 is 24.0 Å². The van der Waals surface area contributed by atoms with Crippen LogP contribution in [0.15, 0.2) is 36.4 Å². The summed E-state index contributed by atoms with van der Waals surface area (Å²) in [4.78, 5) is 37.2. The summed E-state index contributed by atoms with van der Waals surface area (Å²) in [5, 5.41) is 14.1. The molecule has 3 rings (SSSR count). The number of anilines is 2. The molecule has 0 atom stereocenters. The van der Waals surface area contributed by atoms with E-state index < -0.39 is 16.5 Å². The Morgan fingerprint density at radius 3 is 2.69 bits per heavy atom. The topological polar surface area (TPSA) is 111 Å². The number of nitrogens with one attached hydrogen (secondary N) is 1. The zero-order valence-corrected chi connectivity index (χ0v) is 16.1. The fourth-order valence-corrected chi connectivity index (χ4v) is 3.18. The van der Waals surface area contributed by atoms with E-state index in [9.17, 15) is 19.7 Å². The molecule has 0 aliphatic carbocycles. The maximum absolute atomic E-state index is 12.8. The first-order valence-corrected chi connectivity index (χ1v) is 9.15. The number of ether oxygens (including phenoxy) is 2. The van der Waals surface area contributed by atoms with Gasteiger partial charge in [-0.25, -0.2) is 0 Å². The predicted molar refractivity (Wildman–Crippen MR) is 107 cm³/mol. The standard InChI is InChI=1S/C20H21N3O6/c1-3-29-18-12-16(23(26)27)15(11-17(18)28-2)20(25)21-13-6-4-7-14(10-13)22-9-5-8-19(22)24/h4,6-7,10-12H,3,5,8-9H2,1-2H3,(H,21,25). The third-order valence-corrected chi connectivity index (χ3v) is 4.51. The molecular formula is C20H21N3O6. The molecule has 9 heteroatoms. The number of hydrogen-bond acceptors (Lipinski definition) is 6. The van der Waals surface area contributed by atoms with Gasteiger partial charge in [-0.1, -0.05) is 6.07 Å². The minimum atomic E-state index is -0.664. The lowest BCUT2D eigenvalue weighted by atomic mass is 10.1. The molecular weight excluding hydrogens is 378 g/mol. The number of hydrogen-bond donors (Lipinski definition) is 1. The van der Waals surface area contributed by atoms with Gasteiger partial charge >= 0.3 is 0 Å². The second kappa shape index (κ2) is 8.59. The number of carbonyl (C=O) groups is 2. The van der Waals surface area contributed by atoms with Crippen LogP contribution in [0.5, 0.6) is 11.5 Å². The molecule has 0 saturated carbocycles. The van der Waals surface area contributed by atoms with Crippen molar-refractivity contribution >= 4 is 28.9 Å². The average Bonchev–Trinajstić information content (AvgIpc) is 3.14. The van der Waals surface area contributed by atoms with E-state index in [0.717, 1.165) is 6.42 Å². The molecule has 29 heavy (non-hydrogen) atoms. The van der Waals surface area contributed by atoms with Gasteiger partial charge in [0.15, 0.2) is 11.5 Å². The second-order valence-electron chi connectivity index (χ2n) is 6.36. The van der Waals surface area contributed by atoms with E-state index in [4.69, 9.17) is 9.47 Å². The number of rotatable bonds is 7. The molecule has 2 amide bonds. The van der Waals surface area contributed by atoms with Gasteiger partial charge in [0, 0.05) is 30.4 Å². The van der Waals surface area contributed by atoms with Crippen LogP contribution in [0, 0.1) is 10.1 Å². The summed E-state index contributed by atoms with van der Waals surface area (Å²) >= 11 is 0. The number of nitrogens with zero attached hydrogens (tertiary/aromatic N) is 2. The number of nitro groups is 1. The van der Waals surface area contributed by atoms with E-state index in [1.807, 2.05) is 0 Å². The molecule has 0 spiro atoms. The summed E-state index contributed by atoms with van der Waals surface area (Å²) in [5.41, 5.74) is 0.550. The largest absolute Gasteiger partial charge is 0.493 e. The van der Waals surface area contributed by atoms with Crippen molar-refractivity contribution in [3.05, 3.63) is 52.1 Å². The van der Waals surface area contributed by atoms with Gasteiger partial charge < -0.3 is 19.7 Å². The first kappa shape index (κ1) is 20.1. The summed E-state index contributed by atoms with van der Waals surface area (Å²) in [5.74, 6) is -0.227. The molecule has 1 aliphatic rings. The van der Waals surface area contributed by atoms with E-state index in [1.54, 1.807) is 36.1 Å². The lowest BCUT2D eigenvalue weighted by molar-refractivity contribution is -0.385. The molecule has 2 aromatic carbocycles. The molecule has 1 heterocycles. The summed E-state index contributed by atoms with van der Waals surface area (Å²) < 4.78 is 10.6. The smallest absolute Gasteiger partial charge is 0.286 e. The van der Waals surface area contributed by atoms with Crippen LogP contribution in [0.3, 0.4) is 0 Å². The van der Waals surface area contributed by atoms with Crippen LogP contribution in [0.25, 0.3) is 0 Å². The normalized spacial score (nSPS) is 13.3. The maximum atomic E-state index is 12.8. The Labute approximate surface area is 167 Å². The molecule has 0 radical (unpaired) electrons. The highest BCUT2D eigenvalue weighted by atomic mass is 16.6. The first-order chi connectivity index (χ1) is 13.9. The molecule has 1 fully saturated rings. The van der Waals surface area contributed by atoms with E-state index in [1.165, 1.54) is 19.2 Å². The van der Waals surface area contributed by atoms with Crippen LogP contribution in [0.1, 0.15) is 30.1 Å². The van der Waals surface area contributed by atoms with E-state index in [0.29, 0.717) is 30.9 Å². The predicted octanol–water partition coefficient (Wildman–Crippen LogP) is 3.38. The molecule has 1 aliphatic heterocycles. The van der Waals surface area contributed by atoms with E-state index in [-0.39, 0.29) is 23.0 Å². The van der Waals surface area contributed by atoms with Gasteiger partial charge in [-0.15, -0.1) is 0 Å². The number of carbonyl (C=O) groups excluding carboxylic acids is 2. The zero-order valence-electron chi connectivity index (χ0n) is 16.1. The monoisotopic (exact) mass is 399 g/mol. The molecule has 1 saturated heterocycles. The summed E-state index contributed by atoms with van der Waals surface area (Å²) in [6.07, 6.45) is 1.28. The Morgan fingerprint density at radius 1 is 1.28 bits per heavy atom. The molecule has 0 bridgehead atoms. The van der Waals surface area contributed by atoms with E-state index >= 15 is 0 Å². The first-order valence-electron chi connectivity index (χ1n) is 9.15. The van der Waals surface area contributed by atoms with Gasteiger partial charge in [-0.2, -0.15) is 0 Å². The summed E-state index contributed by atoms with van der Waals surface area (Å²) in [6, 6.07) is 9.27. The quantitative estimate of drug-likeness (QED) is 0.564. The number of benzene rings is 2. The van der Waals surface area contributed by atoms with Crippen molar-refractivity contribution in [2.75, 3.05) is 30.5 Å². The van der Waals surface area contributed by atoms with Crippen LogP contribution < -0.4 is 19.7 Å². The van der Waals surface area contributed by atoms with Gasteiger partial charge in [0.25, 0.3) is 11.6 Å². The number of nitro benzene ring substituents is 1. The molecule has 1 N–H and O–H groups in total. The van der Waals surface area contributed by atoms with Crippen molar-refractivity contribution in [3.8, 4) is 11.5 Å². The van der Waals surface area contributed by atoms with Crippen LogP contribution in [0.4, 0.5) is 17.1 Å². The summed E-state index contributed by atoms with van der Waals surface area (Å²) in [6.45, 7) is 2.66. The third kappa shape index (κ3) is 4.29. The second-order valence-corrected chi connectivity index (χ2v) is 6.36. The zero-order chi connectivity index (χ0) is 21.0.